The van der Waals surface area contributed by atoms with Gasteiger partial charge in [-0.05, 0) is 17.9 Å². The molecule has 0 bridgehead atoms. The standard InChI is InChI=1S/C6H10N4O2.ClH/c7-3-1-4-9-5-2-6(8-9)10(11)12;/h2,5H,1,3-4,7H2;1H. The Bertz CT molecular complexity index is 275. The van der Waals surface area contributed by atoms with Gasteiger partial charge in [-0.25, -0.2) is 0 Å². The predicted molar refractivity (Wildman–Crippen MR) is 49.8 cm³/mol. The molecule has 6 nitrogen and oxygen atoms in total. The molecule has 1 heterocycles. The molecule has 0 aromatic carbocycles. The van der Waals surface area contributed by atoms with Gasteiger partial charge >= 0.3 is 5.82 Å². The second kappa shape index (κ2) is 5.50. The normalized spacial score (nSPS) is 9.31. The number of aryl methyl sites for hydroxylation is 1. The average Bonchev–Trinajstić information content (AvgIpc) is 2.48. The monoisotopic (exact) mass is 206 g/mol. The van der Waals surface area contributed by atoms with Gasteiger partial charge in [-0.2, -0.15) is 4.68 Å². The third-order valence-corrected chi connectivity index (χ3v) is 1.40. The second-order valence-corrected chi connectivity index (χ2v) is 2.34. The molecule has 0 fully saturated rings. The summed E-state index contributed by atoms with van der Waals surface area (Å²) in [6.45, 7) is 1.19. The molecule has 0 atom stereocenters. The molecule has 74 valence electrons. The maximum Gasteiger partial charge on any atom is 0.389 e. The number of aromatic nitrogens is 2. The van der Waals surface area contributed by atoms with E-state index < -0.39 is 4.92 Å². The van der Waals surface area contributed by atoms with Crippen LogP contribution in [0.4, 0.5) is 5.82 Å². The van der Waals surface area contributed by atoms with Crippen molar-refractivity contribution >= 4 is 18.2 Å². The average molecular weight is 207 g/mol. The van der Waals surface area contributed by atoms with Crippen molar-refractivity contribution in [2.45, 2.75) is 13.0 Å². The minimum Gasteiger partial charge on any atom is -0.358 e. The van der Waals surface area contributed by atoms with Crippen LogP contribution in [0.5, 0.6) is 0 Å². The zero-order valence-corrected chi connectivity index (χ0v) is 7.74. The first kappa shape index (κ1) is 11.9. The van der Waals surface area contributed by atoms with E-state index in [1.807, 2.05) is 0 Å². The number of nitrogens with zero attached hydrogens (tertiary/aromatic N) is 3. The van der Waals surface area contributed by atoms with Crippen LogP contribution in [0.25, 0.3) is 0 Å². The fraction of sp³-hybridized carbons (Fsp3) is 0.500. The number of nitro groups is 1. The molecule has 2 N–H and O–H groups in total. The summed E-state index contributed by atoms with van der Waals surface area (Å²) >= 11 is 0. The smallest absolute Gasteiger partial charge is 0.358 e. The lowest BCUT2D eigenvalue weighted by atomic mass is 10.4. The highest BCUT2D eigenvalue weighted by Gasteiger charge is 2.09. The van der Waals surface area contributed by atoms with Crippen molar-refractivity contribution in [3.05, 3.63) is 22.4 Å². The van der Waals surface area contributed by atoms with Crippen LogP contribution in [0.2, 0.25) is 0 Å². The number of rotatable bonds is 4. The van der Waals surface area contributed by atoms with Gasteiger partial charge in [-0.15, -0.1) is 12.4 Å². The van der Waals surface area contributed by atoms with Crippen LogP contribution >= 0.6 is 12.4 Å². The summed E-state index contributed by atoms with van der Waals surface area (Å²) in [7, 11) is 0. The van der Waals surface area contributed by atoms with Crippen molar-refractivity contribution in [2.24, 2.45) is 5.73 Å². The fourth-order valence-electron chi connectivity index (χ4n) is 0.826. The van der Waals surface area contributed by atoms with E-state index in [1.165, 1.54) is 10.7 Å². The first-order chi connectivity index (χ1) is 5.74. The fourth-order valence-corrected chi connectivity index (χ4v) is 0.826. The van der Waals surface area contributed by atoms with Gasteiger partial charge in [0.25, 0.3) is 0 Å². The lowest BCUT2D eigenvalue weighted by Gasteiger charge is -1.91. The first-order valence-electron chi connectivity index (χ1n) is 3.62. The zero-order chi connectivity index (χ0) is 8.97. The molecule has 0 saturated carbocycles. The van der Waals surface area contributed by atoms with Crippen molar-refractivity contribution < 1.29 is 4.92 Å². The number of nitrogens with two attached hydrogens (primary N) is 1. The van der Waals surface area contributed by atoms with Crippen molar-refractivity contribution in [3.8, 4) is 0 Å². The highest BCUT2D eigenvalue weighted by molar-refractivity contribution is 5.85. The van der Waals surface area contributed by atoms with Crippen molar-refractivity contribution in [2.75, 3.05) is 6.54 Å². The predicted octanol–water partition coefficient (Wildman–Crippen LogP) is 0.562. The maximum atomic E-state index is 10.2. The summed E-state index contributed by atoms with van der Waals surface area (Å²) < 4.78 is 1.52. The van der Waals surface area contributed by atoms with Crippen LogP contribution in [-0.4, -0.2) is 21.2 Å². The van der Waals surface area contributed by atoms with Crippen LogP contribution in [0.15, 0.2) is 12.3 Å². The van der Waals surface area contributed by atoms with Gasteiger partial charge in [0, 0.05) is 0 Å². The molecule has 0 unspecified atom stereocenters. The van der Waals surface area contributed by atoms with E-state index in [2.05, 4.69) is 5.10 Å². The van der Waals surface area contributed by atoms with Crippen LogP contribution < -0.4 is 5.73 Å². The van der Waals surface area contributed by atoms with Gasteiger partial charge in [0.2, 0.25) is 0 Å². The summed E-state index contributed by atoms with van der Waals surface area (Å²) in [5.41, 5.74) is 5.27. The largest absolute Gasteiger partial charge is 0.389 e. The first-order valence-corrected chi connectivity index (χ1v) is 3.62. The molecule has 1 aromatic heterocycles. The molecule has 0 aliphatic heterocycles. The lowest BCUT2D eigenvalue weighted by Crippen LogP contribution is -2.06. The van der Waals surface area contributed by atoms with Crippen LogP contribution in [0.1, 0.15) is 6.42 Å². The summed E-state index contributed by atoms with van der Waals surface area (Å²) in [6.07, 6.45) is 2.35. The zero-order valence-electron chi connectivity index (χ0n) is 6.92. The molecule has 0 aliphatic rings. The Balaban J connectivity index is 0.00000144. The minimum atomic E-state index is -0.515. The summed E-state index contributed by atoms with van der Waals surface area (Å²) in [5.74, 6) is -0.118. The quantitative estimate of drug-likeness (QED) is 0.576. The molecular weight excluding hydrogens is 196 g/mol. The highest BCUT2D eigenvalue weighted by atomic mass is 35.5. The minimum absolute atomic E-state index is 0. The molecule has 0 spiro atoms. The highest BCUT2D eigenvalue weighted by Crippen LogP contribution is 2.04. The number of hydrogen-bond acceptors (Lipinski definition) is 4. The molecule has 13 heavy (non-hydrogen) atoms. The third kappa shape index (κ3) is 3.39. The Kier molecular flexibility index (Phi) is 5.01. The Morgan fingerprint density at radius 3 is 2.85 bits per heavy atom. The molecular formula is C6H11ClN4O2. The van der Waals surface area contributed by atoms with E-state index in [4.69, 9.17) is 5.73 Å². The summed E-state index contributed by atoms with van der Waals surface area (Å²) in [4.78, 5) is 9.68. The van der Waals surface area contributed by atoms with E-state index in [-0.39, 0.29) is 18.2 Å². The van der Waals surface area contributed by atoms with E-state index in [1.54, 1.807) is 6.20 Å². The van der Waals surface area contributed by atoms with Gasteiger partial charge < -0.3 is 15.8 Å². The molecule has 0 saturated heterocycles. The Morgan fingerprint density at radius 2 is 2.38 bits per heavy atom. The Labute approximate surface area is 81.3 Å². The van der Waals surface area contributed by atoms with Crippen LogP contribution in [0, 0.1) is 10.1 Å². The Morgan fingerprint density at radius 1 is 1.69 bits per heavy atom. The number of hydrogen-bond donors (Lipinski definition) is 1. The van der Waals surface area contributed by atoms with Crippen LogP contribution in [-0.2, 0) is 6.54 Å². The topological polar surface area (TPSA) is 87.0 Å². The molecule has 0 amide bonds. The molecule has 1 rings (SSSR count). The maximum absolute atomic E-state index is 10.2. The van der Waals surface area contributed by atoms with Crippen molar-refractivity contribution in [1.29, 1.82) is 0 Å². The Hall–Kier alpha value is -1.14. The van der Waals surface area contributed by atoms with Crippen LogP contribution in [0.3, 0.4) is 0 Å². The summed E-state index contributed by atoms with van der Waals surface area (Å²) in [6, 6.07) is 1.37. The van der Waals surface area contributed by atoms with E-state index >= 15 is 0 Å². The third-order valence-electron chi connectivity index (χ3n) is 1.40. The van der Waals surface area contributed by atoms with Gasteiger partial charge in [-0.3, -0.25) is 0 Å². The van der Waals surface area contributed by atoms with Gasteiger partial charge in [0.1, 0.15) is 0 Å². The van der Waals surface area contributed by atoms with E-state index in [0.29, 0.717) is 13.1 Å². The van der Waals surface area contributed by atoms with Crippen molar-refractivity contribution in [1.82, 2.24) is 9.78 Å². The SMILES string of the molecule is Cl.NCCCn1ccc([N+](=O)[O-])n1. The van der Waals surface area contributed by atoms with E-state index in [0.717, 1.165) is 6.42 Å². The molecule has 7 heteroatoms. The molecule has 0 aliphatic carbocycles. The van der Waals surface area contributed by atoms with Crippen molar-refractivity contribution in [3.63, 3.8) is 0 Å². The van der Waals surface area contributed by atoms with Gasteiger partial charge in [0.15, 0.2) is 0 Å². The van der Waals surface area contributed by atoms with Gasteiger partial charge in [0.05, 0.1) is 23.9 Å². The van der Waals surface area contributed by atoms with Gasteiger partial charge in [-0.1, -0.05) is 0 Å². The molecule has 0 radical (unpaired) electrons. The number of halogens is 1. The second-order valence-electron chi connectivity index (χ2n) is 2.34. The van der Waals surface area contributed by atoms with E-state index in [9.17, 15) is 10.1 Å². The lowest BCUT2D eigenvalue weighted by molar-refractivity contribution is -0.389. The summed E-state index contributed by atoms with van der Waals surface area (Å²) in [5, 5.41) is 13.9. The molecule has 1 aromatic rings.